The second-order valence-electron chi connectivity index (χ2n) is 7.84. The van der Waals surface area contributed by atoms with Crippen LogP contribution in [0.5, 0.6) is 0 Å². The van der Waals surface area contributed by atoms with Crippen molar-refractivity contribution in [3.8, 4) is 11.3 Å². The lowest BCUT2D eigenvalue weighted by Crippen LogP contribution is -2.40. The molecule has 1 amide bonds. The Hall–Kier alpha value is -2.49. The van der Waals surface area contributed by atoms with Crippen LogP contribution >= 0.6 is 11.3 Å². The number of aromatic nitrogens is 1. The van der Waals surface area contributed by atoms with Crippen LogP contribution in [0.3, 0.4) is 0 Å². The van der Waals surface area contributed by atoms with Gasteiger partial charge in [-0.2, -0.15) is 0 Å². The van der Waals surface area contributed by atoms with Crippen LogP contribution in [-0.2, 0) is 9.84 Å². The fourth-order valence-electron chi connectivity index (χ4n) is 3.91. The van der Waals surface area contributed by atoms with Gasteiger partial charge in [-0.15, -0.1) is 11.3 Å². The second-order valence-corrected chi connectivity index (χ2v) is 11.1. The first-order valence-corrected chi connectivity index (χ1v) is 13.4. The molecule has 1 aromatic carbocycles. The lowest BCUT2D eigenvalue weighted by molar-refractivity contribution is 0.0917. The number of nitrogens with one attached hydrogen (secondary N) is 1. The molecule has 170 valence electrons. The summed E-state index contributed by atoms with van der Waals surface area (Å²) in [5.74, 6) is 0.174. The van der Waals surface area contributed by atoms with E-state index >= 15 is 0 Å². The monoisotopic (exact) mass is 473 g/mol. The second kappa shape index (κ2) is 9.97. The molecular weight excluding hydrogens is 446 g/mol. The number of rotatable bonds is 8. The molecule has 1 atom stereocenters. The summed E-state index contributed by atoms with van der Waals surface area (Å²) in [6, 6.07) is 12.3. The minimum absolute atomic E-state index is 0.0445. The average molecular weight is 474 g/mol. The van der Waals surface area contributed by atoms with E-state index in [-0.39, 0.29) is 28.3 Å². The molecule has 1 fully saturated rings. The van der Waals surface area contributed by atoms with Crippen molar-refractivity contribution in [1.29, 1.82) is 0 Å². The van der Waals surface area contributed by atoms with Crippen molar-refractivity contribution in [2.24, 2.45) is 0 Å². The fraction of sp³-hybridized carbons (Fsp3) is 0.391. The molecule has 1 saturated heterocycles. The van der Waals surface area contributed by atoms with Crippen molar-refractivity contribution in [2.45, 2.75) is 37.1 Å². The maximum Gasteiger partial charge on any atom is 0.273 e. The lowest BCUT2D eigenvalue weighted by Gasteiger charge is -2.34. The molecule has 32 heavy (non-hydrogen) atoms. The van der Waals surface area contributed by atoms with Crippen LogP contribution in [0.4, 0.5) is 0 Å². The lowest BCUT2D eigenvalue weighted by atomic mass is 10.1. The topological polar surface area (TPSA) is 92.5 Å². The van der Waals surface area contributed by atoms with E-state index in [1.54, 1.807) is 48.6 Å². The molecule has 0 bridgehead atoms. The van der Waals surface area contributed by atoms with E-state index in [0.29, 0.717) is 17.9 Å². The number of carbonyl (C=O) groups is 1. The van der Waals surface area contributed by atoms with Gasteiger partial charge in [-0.1, -0.05) is 24.6 Å². The summed E-state index contributed by atoms with van der Waals surface area (Å²) in [4.78, 5) is 16.7. The molecule has 4 rings (SSSR count). The molecule has 0 spiro atoms. The smallest absolute Gasteiger partial charge is 0.273 e. The Kier molecular flexibility index (Phi) is 7.07. The molecule has 0 radical (unpaired) electrons. The zero-order chi connectivity index (χ0) is 22.6. The van der Waals surface area contributed by atoms with E-state index in [4.69, 9.17) is 4.52 Å². The van der Waals surface area contributed by atoms with Crippen LogP contribution in [0.2, 0.25) is 0 Å². The zero-order valence-electron chi connectivity index (χ0n) is 18.0. The Morgan fingerprint density at radius 1 is 1.19 bits per heavy atom. The number of amides is 1. The van der Waals surface area contributed by atoms with Gasteiger partial charge in [0, 0.05) is 23.1 Å². The van der Waals surface area contributed by atoms with Crippen LogP contribution in [0.15, 0.2) is 57.3 Å². The number of benzene rings is 1. The van der Waals surface area contributed by atoms with Gasteiger partial charge in [-0.3, -0.25) is 9.69 Å². The van der Waals surface area contributed by atoms with E-state index in [9.17, 15) is 13.2 Å². The number of hydrogen-bond donors (Lipinski definition) is 1. The number of piperidine rings is 1. The van der Waals surface area contributed by atoms with E-state index in [2.05, 4.69) is 26.8 Å². The van der Waals surface area contributed by atoms with Crippen LogP contribution < -0.4 is 5.32 Å². The molecule has 2 aromatic heterocycles. The Bertz CT molecular complexity index is 1130. The van der Waals surface area contributed by atoms with Gasteiger partial charge in [-0.25, -0.2) is 8.42 Å². The molecule has 0 saturated carbocycles. The van der Waals surface area contributed by atoms with Gasteiger partial charge in [0.15, 0.2) is 21.3 Å². The van der Waals surface area contributed by atoms with Crippen molar-refractivity contribution < 1.29 is 17.7 Å². The van der Waals surface area contributed by atoms with Gasteiger partial charge in [0.2, 0.25) is 0 Å². The molecule has 7 nitrogen and oxygen atoms in total. The number of nitrogens with zero attached hydrogens (tertiary/aromatic N) is 2. The summed E-state index contributed by atoms with van der Waals surface area (Å²) >= 11 is 1.71. The third-order valence-corrected chi connectivity index (χ3v) is 8.50. The van der Waals surface area contributed by atoms with Crippen LogP contribution in [0.25, 0.3) is 11.3 Å². The van der Waals surface area contributed by atoms with E-state index in [1.807, 2.05) is 6.07 Å². The van der Waals surface area contributed by atoms with Gasteiger partial charge in [0.05, 0.1) is 16.7 Å². The largest absolute Gasteiger partial charge is 0.355 e. The molecule has 9 heteroatoms. The molecule has 3 aromatic rings. The van der Waals surface area contributed by atoms with Crippen molar-refractivity contribution in [1.82, 2.24) is 15.4 Å². The standard InChI is InChI=1S/C23H27N3O4S2/c1-2-32(28,29)18-10-8-17(9-11-18)21-15-19(25-30-21)23(27)24-16-20(22-7-6-14-31-22)26-12-4-3-5-13-26/h6-11,14-15,20H,2-5,12-13,16H2,1H3,(H,24,27). The summed E-state index contributed by atoms with van der Waals surface area (Å²) in [7, 11) is -3.26. The number of carbonyl (C=O) groups excluding carboxylic acids is 1. The van der Waals surface area contributed by atoms with Crippen molar-refractivity contribution in [2.75, 3.05) is 25.4 Å². The van der Waals surface area contributed by atoms with Crippen LogP contribution in [0.1, 0.15) is 47.6 Å². The first kappa shape index (κ1) is 22.7. The minimum atomic E-state index is -3.26. The van der Waals surface area contributed by atoms with Crippen LogP contribution in [0, 0.1) is 0 Å². The van der Waals surface area contributed by atoms with Gasteiger partial charge < -0.3 is 9.84 Å². The molecule has 1 unspecified atom stereocenters. The van der Waals surface area contributed by atoms with Gasteiger partial charge in [0.1, 0.15) is 0 Å². The Morgan fingerprint density at radius 3 is 2.59 bits per heavy atom. The predicted octanol–water partition coefficient (Wildman–Crippen LogP) is 4.15. The Labute approximate surface area is 192 Å². The maximum absolute atomic E-state index is 12.7. The third-order valence-electron chi connectivity index (χ3n) is 5.78. The normalized spacial score (nSPS) is 16.0. The summed E-state index contributed by atoms with van der Waals surface area (Å²) in [6.07, 6.45) is 3.62. The summed E-state index contributed by atoms with van der Waals surface area (Å²) in [5.41, 5.74) is 0.866. The summed E-state index contributed by atoms with van der Waals surface area (Å²) in [5, 5.41) is 8.99. The van der Waals surface area contributed by atoms with E-state index < -0.39 is 9.84 Å². The highest BCUT2D eigenvalue weighted by molar-refractivity contribution is 7.91. The Morgan fingerprint density at radius 2 is 1.94 bits per heavy atom. The quantitative estimate of drug-likeness (QED) is 0.528. The van der Waals surface area contributed by atoms with E-state index in [1.165, 1.54) is 24.1 Å². The van der Waals surface area contributed by atoms with Crippen LogP contribution in [-0.4, -0.2) is 49.8 Å². The van der Waals surface area contributed by atoms with Crippen molar-refractivity contribution in [3.05, 3.63) is 58.4 Å². The van der Waals surface area contributed by atoms with Gasteiger partial charge in [0.25, 0.3) is 5.91 Å². The molecule has 1 aliphatic rings. The minimum Gasteiger partial charge on any atom is -0.355 e. The molecule has 1 N–H and O–H groups in total. The SMILES string of the molecule is CCS(=O)(=O)c1ccc(-c2cc(C(=O)NCC(c3cccs3)N3CCCCC3)no2)cc1. The molecule has 1 aliphatic heterocycles. The molecular formula is C23H27N3O4S2. The van der Waals surface area contributed by atoms with Gasteiger partial charge in [-0.05, 0) is 61.6 Å². The Balaban J connectivity index is 1.43. The highest BCUT2D eigenvalue weighted by atomic mass is 32.2. The fourth-order valence-corrected chi connectivity index (χ4v) is 5.66. The number of likely N-dealkylation sites (tertiary alicyclic amines) is 1. The first-order valence-electron chi connectivity index (χ1n) is 10.8. The number of hydrogen-bond acceptors (Lipinski definition) is 7. The van der Waals surface area contributed by atoms with Crippen molar-refractivity contribution in [3.63, 3.8) is 0 Å². The maximum atomic E-state index is 12.7. The third kappa shape index (κ3) is 5.11. The molecule has 3 heterocycles. The van der Waals surface area contributed by atoms with Gasteiger partial charge >= 0.3 is 0 Å². The number of thiophene rings is 1. The summed E-state index contributed by atoms with van der Waals surface area (Å²) in [6.45, 7) is 4.19. The highest BCUT2D eigenvalue weighted by Gasteiger charge is 2.24. The average Bonchev–Trinajstić information content (AvgIpc) is 3.53. The first-order chi connectivity index (χ1) is 15.5. The highest BCUT2D eigenvalue weighted by Crippen LogP contribution is 2.28. The van der Waals surface area contributed by atoms with E-state index in [0.717, 1.165) is 13.1 Å². The number of sulfone groups is 1. The summed E-state index contributed by atoms with van der Waals surface area (Å²) < 4.78 is 29.3. The zero-order valence-corrected chi connectivity index (χ0v) is 19.6. The van der Waals surface area contributed by atoms with Crippen molar-refractivity contribution >= 4 is 27.1 Å². The predicted molar refractivity (Wildman–Crippen MR) is 124 cm³/mol. The molecule has 0 aliphatic carbocycles.